The van der Waals surface area contributed by atoms with Crippen LogP contribution >= 0.6 is 11.6 Å². The zero-order valence-corrected chi connectivity index (χ0v) is 18.6. The molecule has 1 aliphatic heterocycles. The normalized spacial score (nSPS) is 15.5. The minimum absolute atomic E-state index is 0.0312. The molecule has 2 aromatic carbocycles. The monoisotopic (exact) mass is 446 g/mol. The second-order valence-electron chi connectivity index (χ2n) is 7.54. The smallest absolute Gasteiger partial charge is 0.236 e. The summed E-state index contributed by atoms with van der Waals surface area (Å²) in [5, 5.41) is 0.563. The van der Waals surface area contributed by atoms with Crippen LogP contribution in [0.15, 0.2) is 62.9 Å². The fourth-order valence-electron chi connectivity index (χ4n) is 3.60. The lowest BCUT2D eigenvalue weighted by molar-refractivity contribution is -0.898. The molecule has 0 aliphatic carbocycles. The van der Waals surface area contributed by atoms with Crippen LogP contribution in [0.5, 0.6) is 0 Å². The number of sulfone groups is 1. The summed E-state index contributed by atoms with van der Waals surface area (Å²) in [4.78, 5) is 8.14. The Hall–Kier alpha value is -2.35. The molecule has 158 valence electrons. The van der Waals surface area contributed by atoms with Gasteiger partial charge in [-0.05, 0) is 50.2 Å². The van der Waals surface area contributed by atoms with E-state index < -0.39 is 9.84 Å². The van der Waals surface area contributed by atoms with Gasteiger partial charge in [-0.25, -0.2) is 8.42 Å². The van der Waals surface area contributed by atoms with Crippen molar-refractivity contribution in [3.63, 3.8) is 0 Å². The molecule has 2 heterocycles. The number of rotatable bonds is 5. The van der Waals surface area contributed by atoms with Gasteiger partial charge in [0, 0.05) is 10.6 Å². The Balaban J connectivity index is 1.79. The van der Waals surface area contributed by atoms with Crippen molar-refractivity contribution in [2.45, 2.75) is 23.8 Å². The number of oxazole rings is 1. The lowest BCUT2D eigenvalue weighted by Crippen LogP contribution is -3.14. The molecule has 0 radical (unpaired) electrons. The maximum atomic E-state index is 13.5. The number of aryl methyl sites for hydroxylation is 1. The molecular formula is C22H25ClN3O3S+. The van der Waals surface area contributed by atoms with Gasteiger partial charge in [0.25, 0.3) is 0 Å². The van der Waals surface area contributed by atoms with Crippen molar-refractivity contribution >= 4 is 27.3 Å². The van der Waals surface area contributed by atoms with E-state index in [0.717, 1.165) is 38.3 Å². The van der Waals surface area contributed by atoms with Gasteiger partial charge in [0.15, 0.2) is 0 Å². The summed E-state index contributed by atoms with van der Waals surface area (Å²) in [6, 6.07) is 13.8. The van der Waals surface area contributed by atoms with Crippen LogP contribution in [-0.2, 0) is 9.84 Å². The molecule has 0 bridgehead atoms. The molecule has 4 rings (SSSR count). The molecule has 0 atom stereocenters. The number of piperazine rings is 1. The minimum Gasteiger partial charge on any atom is -0.419 e. The summed E-state index contributed by atoms with van der Waals surface area (Å²) < 4.78 is 33.0. The van der Waals surface area contributed by atoms with E-state index in [-0.39, 0.29) is 15.8 Å². The first kappa shape index (κ1) is 20.9. The van der Waals surface area contributed by atoms with Crippen LogP contribution in [0.3, 0.4) is 0 Å². The lowest BCUT2D eigenvalue weighted by Gasteiger charge is -2.31. The van der Waals surface area contributed by atoms with Gasteiger partial charge >= 0.3 is 0 Å². The van der Waals surface area contributed by atoms with Gasteiger partial charge < -0.3 is 14.2 Å². The van der Waals surface area contributed by atoms with Crippen LogP contribution < -0.4 is 9.80 Å². The number of benzene rings is 2. The van der Waals surface area contributed by atoms with E-state index in [1.54, 1.807) is 48.5 Å². The van der Waals surface area contributed by atoms with E-state index in [4.69, 9.17) is 16.0 Å². The third kappa shape index (κ3) is 4.10. The fourth-order valence-corrected chi connectivity index (χ4v) is 5.04. The van der Waals surface area contributed by atoms with Crippen LogP contribution in [-0.4, -0.2) is 46.1 Å². The summed E-state index contributed by atoms with van der Waals surface area (Å²) in [6.07, 6.45) is 0. The number of aromatic nitrogens is 1. The van der Waals surface area contributed by atoms with Gasteiger partial charge in [-0.3, -0.25) is 0 Å². The Morgan fingerprint density at radius 2 is 1.70 bits per heavy atom. The summed E-state index contributed by atoms with van der Waals surface area (Å²) in [5.41, 5.74) is 1.68. The zero-order valence-electron chi connectivity index (χ0n) is 17.1. The van der Waals surface area contributed by atoms with Crippen molar-refractivity contribution in [3.8, 4) is 11.5 Å². The topological polar surface area (TPSA) is 67.8 Å². The molecule has 6 nitrogen and oxygen atoms in total. The Bertz CT molecular complexity index is 1120. The van der Waals surface area contributed by atoms with E-state index in [1.807, 2.05) is 11.8 Å². The number of likely N-dealkylation sites (N-methyl/N-ethyl adjacent to an activating group) is 1. The third-order valence-electron chi connectivity index (χ3n) is 5.51. The van der Waals surface area contributed by atoms with Gasteiger partial charge in [-0.15, -0.1) is 0 Å². The molecule has 1 fully saturated rings. The van der Waals surface area contributed by atoms with Crippen molar-refractivity contribution in [2.24, 2.45) is 0 Å². The number of nitrogens with zero attached hydrogens (tertiary/aromatic N) is 2. The van der Waals surface area contributed by atoms with Crippen LogP contribution in [0.1, 0.15) is 12.5 Å². The van der Waals surface area contributed by atoms with Crippen LogP contribution in [0.25, 0.3) is 11.5 Å². The predicted octanol–water partition coefficient (Wildman–Crippen LogP) is 2.86. The second kappa shape index (κ2) is 8.41. The number of halogens is 1. The highest BCUT2D eigenvalue weighted by Gasteiger charge is 2.33. The quantitative estimate of drug-likeness (QED) is 0.652. The molecule has 1 saturated heterocycles. The molecule has 0 spiro atoms. The van der Waals surface area contributed by atoms with Crippen molar-refractivity contribution < 1.29 is 17.7 Å². The second-order valence-corrected chi connectivity index (χ2v) is 9.84. The average molecular weight is 447 g/mol. The lowest BCUT2D eigenvalue weighted by atomic mass is 10.2. The first-order chi connectivity index (χ1) is 14.4. The number of hydrogen-bond donors (Lipinski definition) is 1. The first-order valence-corrected chi connectivity index (χ1v) is 11.9. The largest absolute Gasteiger partial charge is 0.419 e. The highest BCUT2D eigenvalue weighted by Crippen LogP contribution is 2.35. The van der Waals surface area contributed by atoms with Gasteiger partial charge in [0.05, 0.1) is 37.6 Å². The number of anilines is 1. The Morgan fingerprint density at radius 3 is 2.30 bits per heavy atom. The predicted molar refractivity (Wildman–Crippen MR) is 117 cm³/mol. The molecule has 3 aromatic rings. The van der Waals surface area contributed by atoms with Gasteiger partial charge in [-0.2, -0.15) is 4.98 Å². The minimum atomic E-state index is -3.83. The molecule has 8 heteroatoms. The molecule has 0 amide bonds. The highest BCUT2D eigenvalue weighted by molar-refractivity contribution is 7.91. The van der Waals surface area contributed by atoms with E-state index in [9.17, 15) is 8.42 Å². The molecular weight excluding hydrogens is 422 g/mol. The molecule has 1 aromatic heterocycles. The maximum Gasteiger partial charge on any atom is 0.236 e. The molecule has 1 aliphatic rings. The van der Waals surface area contributed by atoms with Crippen molar-refractivity contribution in [1.82, 2.24) is 4.98 Å². The Morgan fingerprint density at radius 1 is 1.07 bits per heavy atom. The number of quaternary nitrogens is 1. The number of hydrogen-bond acceptors (Lipinski definition) is 5. The highest BCUT2D eigenvalue weighted by atomic mass is 35.5. The maximum absolute atomic E-state index is 13.5. The first-order valence-electron chi connectivity index (χ1n) is 10.1. The molecule has 30 heavy (non-hydrogen) atoms. The van der Waals surface area contributed by atoms with E-state index in [0.29, 0.717) is 16.5 Å². The Kier molecular flexibility index (Phi) is 5.86. The molecule has 0 saturated carbocycles. The van der Waals surface area contributed by atoms with Crippen LogP contribution in [0.4, 0.5) is 5.88 Å². The van der Waals surface area contributed by atoms with Crippen molar-refractivity contribution in [3.05, 3.63) is 59.1 Å². The molecule has 0 unspecified atom stereocenters. The zero-order chi connectivity index (χ0) is 21.3. The summed E-state index contributed by atoms with van der Waals surface area (Å²) in [6.45, 7) is 8.42. The van der Waals surface area contributed by atoms with Gasteiger partial charge in [0.1, 0.15) is 0 Å². The van der Waals surface area contributed by atoms with Crippen LogP contribution in [0.2, 0.25) is 5.02 Å². The molecule has 1 N–H and O–H groups in total. The van der Waals surface area contributed by atoms with E-state index in [1.165, 1.54) is 4.90 Å². The SMILES string of the molecule is CC[NH+]1CCN(c2oc(-c3ccc(Cl)cc3)nc2S(=O)(=O)c2ccc(C)cc2)CC1. The average Bonchev–Trinajstić information content (AvgIpc) is 3.21. The van der Waals surface area contributed by atoms with Crippen molar-refractivity contribution in [2.75, 3.05) is 37.6 Å². The summed E-state index contributed by atoms with van der Waals surface area (Å²) in [5.74, 6) is 0.591. The number of nitrogens with one attached hydrogen (secondary N) is 1. The van der Waals surface area contributed by atoms with Gasteiger partial charge in [0.2, 0.25) is 26.6 Å². The van der Waals surface area contributed by atoms with Crippen LogP contribution in [0, 0.1) is 6.92 Å². The standard InChI is InChI=1S/C22H24ClN3O3S/c1-3-25-12-14-26(15-13-25)22-21(30(27,28)19-10-4-16(2)5-11-19)24-20(29-22)17-6-8-18(23)9-7-17/h4-11H,3,12-15H2,1-2H3/p+1. The van der Waals surface area contributed by atoms with Gasteiger partial charge in [-0.1, -0.05) is 29.3 Å². The van der Waals surface area contributed by atoms with E-state index >= 15 is 0 Å². The van der Waals surface area contributed by atoms with Crippen molar-refractivity contribution in [1.29, 1.82) is 0 Å². The summed E-state index contributed by atoms with van der Waals surface area (Å²) in [7, 11) is -3.83. The Labute approximate surface area is 182 Å². The fraction of sp³-hybridized carbons (Fsp3) is 0.318. The van der Waals surface area contributed by atoms with E-state index in [2.05, 4.69) is 11.9 Å². The summed E-state index contributed by atoms with van der Waals surface area (Å²) >= 11 is 5.99. The third-order valence-corrected chi connectivity index (χ3v) is 7.43.